The smallest absolute Gasteiger partial charge is 0.0228 e. The molecule has 0 saturated carbocycles. The van der Waals surface area contributed by atoms with Crippen LogP contribution in [0.1, 0.15) is 33.6 Å². The molecular formula is C11H24N2. The zero-order valence-corrected chi connectivity index (χ0v) is 9.80. The first kappa shape index (κ1) is 11.0. The summed E-state index contributed by atoms with van der Waals surface area (Å²) in [6.45, 7) is 9.45. The molecule has 13 heavy (non-hydrogen) atoms. The first-order valence-electron chi connectivity index (χ1n) is 5.33. The van der Waals surface area contributed by atoms with Crippen LogP contribution < -0.4 is 0 Å². The van der Waals surface area contributed by atoms with Crippen molar-refractivity contribution in [3.8, 4) is 0 Å². The molecular weight excluding hydrogens is 160 g/mol. The predicted molar refractivity (Wildman–Crippen MR) is 58.0 cm³/mol. The zero-order valence-electron chi connectivity index (χ0n) is 9.80. The molecule has 0 aromatic heterocycles. The normalized spacial score (nSPS) is 25.8. The van der Waals surface area contributed by atoms with Crippen molar-refractivity contribution in [1.82, 2.24) is 9.80 Å². The molecule has 1 rings (SSSR count). The molecule has 0 unspecified atom stereocenters. The Morgan fingerprint density at radius 2 is 1.92 bits per heavy atom. The second-order valence-corrected chi connectivity index (χ2v) is 5.42. The molecule has 1 heterocycles. The summed E-state index contributed by atoms with van der Waals surface area (Å²) in [6.07, 6.45) is 2.74. The van der Waals surface area contributed by atoms with Crippen LogP contribution in [-0.4, -0.2) is 48.6 Å². The Hall–Kier alpha value is -0.0800. The minimum absolute atomic E-state index is 0.344. The van der Waals surface area contributed by atoms with Gasteiger partial charge in [-0.3, -0.25) is 4.90 Å². The molecule has 0 bridgehead atoms. The number of likely N-dealkylation sites (N-methyl/N-ethyl adjacent to an activating group) is 1. The summed E-state index contributed by atoms with van der Waals surface area (Å²) in [7, 11) is 4.33. The minimum Gasteiger partial charge on any atom is -0.308 e. The molecule has 2 heteroatoms. The fourth-order valence-electron chi connectivity index (χ4n) is 2.33. The molecule has 0 aromatic carbocycles. The molecule has 78 valence electrons. The van der Waals surface area contributed by atoms with Crippen molar-refractivity contribution in [2.75, 3.05) is 27.2 Å². The summed E-state index contributed by atoms with van der Waals surface area (Å²) >= 11 is 0. The minimum atomic E-state index is 0.344. The molecule has 1 aliphatic rings. The molecule has 0 aliphatic carbocycles. The van der Waals surface area contributed by atoms with Crippen LogP contribution in [0.4, 0.5) is 0 Å². The monoisotopic (exact) mass is 184 g/mol. The highest BCUT2D eigenvalue weighted by molar-refractivity contribution is 4.88. The number of likely N-dealkylation sites (tertiary alicyclic amines) is 1. The van der Waals surface area contributed by atoms with Gasteiger partial charge in [-0.2, -0.15) is 0 Å². The first-order chi connectivity index (χ1) is 5.91. The van der Waals surface area contributed by atoms with Gasteiger partial charge in [0.2, 0.25) is 0 Å². The first-order valence-corrected chi connectivity index (χ1v) is 5.33. The van der Waals surface area contributed by atoms with Gasteiger partial charge in [0, 0.05) is 18.1 Å². The molecule has 1 fully saturated rings. The fraction of sp³-hybridized carbons (Fsp3) is 1.00. The lowest BCUT2D eigenvalue weighted by molar-refractivity contribution is 0.104. The molecule has 0 amide bonds. The highest BCUT2D eigenvalue weighted by Crippen LogP contribution is 2.26. The molecule has 1 aliphatic heterocycles. The van der Waals surface area contributed by atoms with Crippen LogP contribution >= 0.6 is 0 Å². The van der Waals surface area contributed by atoms with E-state index in [0.717, 1.165) is 6.04 Å². The number of nitrogens with zero attached hydrogens (tertiary/aromatic N) is 2. The Morgan fingerprint density at radius 3 is 2.38 bits per heavy atom. The summed E-state index contributed by atoms with van der Waals surface area (Å²) in [4.78, 5) is 4.95. The van der Waals surface area contributed by atoms with Gasteiger partial charge < -0.3 is 4.90 Å². The van der Waals surface area contributed by atoms with Crippen molar-refractivity contribution in [2.24, 2.45) is 0 Å². The van der Waals surface area contributed by atoms with Crippen LogP contribution in [-0.2, 0) is 0 Å². The Bertz CT molecular complexity index is 158. The van der Waals surface area contributed by atoms with Gasteiger partial charge in [0.15, 0.2) is 0 Å². The lowest BCUT2D eigenvalue weighted by atomic mass is 10.0. The van der Waals surface area contributed by atoms with Crippen LogP contribution in [0.15, 0.2) is 0 Å². The van der Waals surface area contributed by atoms with Gasteiger partial charge in [-0.15, -0.1) is 0 Å². The van der Waals surface area contributed by atoms with E-state index in [1.807, 2.05) is 0 Å². The Kier molecular flexibility index (Phi) is 3.36. The van der Waals surface area contributed by atoms with E-state index >= 15 is 0 Å². The number of hydrogen-bond donors (Lipinski definition) is 0. The molecule has 1 atom stereocenters. The van der Waals surface area contributed by atoms with Gasteiger partial charge in [0.05, 0.1) is 0 Å². The van der Waals surface area contributed by atoms with Gasteiger partial charge in [-0.1, -0.05) is 0 Å². The van der Waals surface area contributed by atoms with E-state index < -0.39 is 0 Å². The van der Waals surface area contributed by atoms with Crippen molar-refractivity contribution in [1.29, 1.82) is 0 Å². The maximum atomic E-state index is 2.65. The van der Waals surface area contributed by atoms with E-state index in [9.17, 15) is 0 Å². The van der Waals surface area contributed by atoms with Crippen molar-refractivity contribution in [3.63, 3.8) is 0 Å². The van der Waals surface area contributed by atoms with Crippen molar-refractivity contribution in [2.45, 2.75) is 45.2 Å². The van der Waals surface area contributed by atoms with Crippen LogP contribution in [0.5, 0.6) is 0 Å². The molecule has 1 saturated heterocycles. The number of hydrogen-bond acceptors (Lipinski definition) is 2. The SMILES string of the molecule is CN(C)C[C@H]1CCCN1C(C)(C)C. The second kappa shape index (κ2) is 3.97. The Morgan fingerprint density at radius 1 is 1.31 bits per heavy atom. The quantitative estimate of drug-likeness (QED) is 0.646. The predicted octanol–water partition coefficient (Wildman–Crippen LogP) is 1.81. The molecule has 0 spiro atoms. The van der Waals surface area contributed by atoms with Crippen molar-refractivity contribution >= 4 is 0 Å². The Balaban J connectivity index is 2.54. The summed E-state index contributed by atoms with van der Waals surface area (Å²) in [5.41, 5.74) is 0.344. The van der Waals surface area contributed by atoms with E-state index in [1.54, 1.807) is 0 Å². The van der Waals surface area contributed by atoms with Crippen LogP contribution in [0.3, 0.4) is 0 Å². The fourth-order valence-corrected chi connectivity index (χ4v) is 2.33. The molecule has 0 aromatic rings. The van der Waals surface area contributed by atoms with E-state index in [2.05, 4.69) is 44.7 Å². The summed E-state index contributed by atoms with van der Waals surface area (Å²) < 4.78 is 0. The van der Waals surface area contributed by atoms with Gasteiger partial charge in [-0.25, -0.2) is 0 Å². The summed E-state index contributed by atoms with van der Waals surface area (Å²) in [6, 6.07) is 0.773. The number of rotatable bonds is 2. The van der Waals surface area contributed by atoms with E-state index in [0.29, 0.717) is 5.54 Å². The maximum absolute atomic E-state index is 2.65. The van der Waals surface area contributed by atoms with Gasteiger partial charge >= 0.3 is 0 Å². The van der Waals surface area contributed by atoms with Gasteiger partial charge in [0.25, 0.3) is 0 Å². The topological polar surface area (TPSA) is 6.48 Å². The van der Waals surface area contributed by atoms with Gasteiger partial charge in [0.1, 0.15) is 0 Å². The summed E-state index contributed by atoms with van der Waals surface area (Å²) in [5.74, 6) is 0. The molecule has 2 nitrogen and oxygen atoms in total. The van der Waals surface area contributed by atoms with Crippen molar-refractivity contribution in [3.05, 3.63) is 0 Å². The largest absolute Gasteiger partial charge is 0.308 e. The zero-order chi connectivity index (χ0) is 10.1. The van der Waals surface area contributed by atoms with Crippen LogP contribution in [0.2, 0.25) is 0 Å². The van der Waals surface area contributed by atoms with E-state index in [4.69, 9.17) is 0 Å². The highest BCUT2D eigenvalue weighted by atomic mass is 15.3. The Labute approximate surface area is 82.9 Å². The third-order valence-corrected chi connectivity index (χ3v) is 2.81. The molecule has 0 radical (unpaired) electrons. The average molecular weight is 184 g/mol. The third kappa shape index (κ3) is 2.96. The second-order valence-electron chi connectivity index (χ2n) is 5.42. The van der Waals surface area contributed by atoms with E-state index in [-0.39, 0.29) is 0 Å². The molecule has 0 N–H and O–H groups in total. The van der Waals surface area contributed by atoms with Crippen LogP contribution in [0, 0.1) is 0 Å². The maximum Gasteiger partial charge on any atom is 0.0228 e. The average Bonchev–Trinajstić information content (AvgIpc) is 2.31. The third-order valence-electron chi connectivity index (χ3n) is 2.81. The lowest BCUT2D eigenvalue weighted by Crippen LogP contribution is -2.48. The van der Waals surface area contributed by atoms with E-state index in [1.165, 1.54) is 25.9 Å². The van der Waals surface area contributed by atoms with Crippen molar-refractivity contribution < 1.29 is 0 Å². The standard InChI is InChI=1S/C11H24N2/c1-11(2,3)13-8-6-7-10(13)9-12(4)5/h10H,6-9H2,1-5H3/t10-/m1/s1. The highest BCUT2D eigenvalue weighted by Gasteiger charge is 2.32. The summed E-state index contributed by atoms with van der Waals surface area (Å²) in [5, 5.41) is 0. The lowest BCUT2D eigenvalue weighted by Gasteiger charge is -2.38. The van der Waals surface area contributed by atoms with Gasteiger partial charge in [-0.05, 0) is 54.3 Å². The van der Waals surface area contributed by atoms with Crippen LogP contribution in [0.25, 0.3) is 0 Å².